The van der Waals surface area contributed by atoms with E-state index in [4.69, 9.17) is 9.47 Å². The van der Waals surface area contributed by atoms with Crippen molar-refractivity contribution in [2.75, 3.05) is 46.5 Å². The van der Waals surface area contributed by atoms with Crippen LogP contribution in [0.2, 0.25) is 0 Å². The number of morpholine rings is 1. The van der Waals surface area contributed by atoms with Crippen molar-refractivity contribution < 1.29 is 24.2 Å². The highest BCUT2D eigenvalue weighted by molar-refractivity contribution is 6.46. The minimum absolute atomic E-state index is 0.0588. The van der Waals surface area contributed by atoms with Gasteiger partial charge in [-0.25, -0.2) is 0 Å². The Kier molecular flexibility index (Phi) is 6.80. The van der Waals surface area contributed by atoms with Crippen LogP contribution in [0.15, 0.2) is 29.8 Å². The molecule has 3 heterocycles. The van der Waals surface area contributed by atoms with E-state index in [0.717, 1.165) is 19.6 Å². The predicted octanol–water partition coefficient (Wildman–Crippen LogP) is 2.18. The molecule has 9 heteroatoms. The number of para-hydroxylation sites is 1. The Hall–Kier alpha value is -3.17. The van der Waals surface area contributed by atoms with Crippen molar-refractivity contribution in [2.45, 2.75) is 26.3 Å². The van der Waals surface area contributed by atoms with Gasteiger partial charge in [0.05, 0.1) is 43.2 Å². The van der Waals surface area contributed by atoms with Crippen molar-refractivity contribution >= 4 is 17.4 Å². The number of likely N-dealkylation sites (tertiary alicyclic amines) is 1. The molecular weight excluding hydrogens is 424 g/mol. The average molecular weight is 455 g/mol. The highest BCUT2D eigenvalue weighted by Gasteiger charge is 2.47. The molecule has 0 radical (unpaired) electrons. The van der Waals surface area contributed by atoms with Gasteiger partial charge in [-0.3, -0.25) is 19.6 Å². The number of aliphatic hydroxyl groups is 1. The summed E-state index contributed by atoms with van der Waals surface area (Å²) in [6.07, 6.45) is 0.697. The number of aryl methyl sites for hydroxylation is 2. The summed E-state index contributed by atoms with van der Waals surface area (Å²) < 4.78 is 10.9. The number of rotatable bonds is 7. The first-order valence-corrected chi connectivity index (χ1v) is 11.2. The lowest BCUT2D eigenvalue weighted by molar-refractivity contribution is -0.140. The van der Waals surface area contributed by atoms with Crippen LogP contribution in [0.4, 0.5) is 0 Å². The highest BCUT2D eigenvalue weighted by atomic mass is 16.5. The average Bonchev–Trinajstić information content (AvgIpc) is 3.29. The Balaban J connectivity index is 1.73. The summed E-state index contributed by atoms with van der Waals surface area (Å²) in [5.74, 6) is -0.985. The van der Waals surface area contributed by atoms with E-state index < -0.39 is 17.7 Å². The maximum atomic E-state index is 13.2. The number of Topliss-reactive ketones (excluding diaryl/α,β-unsaturated/α-hetero) is 1. The van der Waals surface area contributed by atoms with E-state index in [2.05, 4.69) is 15.1 Å². The van der Waals surface area contributed by atoms with Gasteiger partial charge in [0.2, 0.25) is 0 Å². The summed E-state index contributed by atoms with van der Waals surface area (Å²) in [6.45, 7) is 7.81. The number of amides is 1. The number of hydrogen-bond donors (Lipinski definition) is 2. The quantitative estimate of drug-likeness (QED) is 0.375. The fraction of sp³-hybridized carbons (Fsp3) is 0.458. The monoisotopic (exact) mass is 454 g/mol. The molecule has 2 fully saturated rings. The van der Waals surface area contributed by atoms with Crippen LogP contribution < -0.4 is 4.74 Å². The minimum atomic E-state index is -0.750. The number of benzene rings is 1. The van der Waals surface area contributed by atoms with Crippen LogP contribution in [0.25, 0.3) is 5.76 Å². The number of aromatic amines is 1. The van der Waals surface area contributed by atoms with Gasteiger partial charge in [0.1, 0.15) is 11.5 Å². The molecule has 0 unspecified atom stereocenters. The number of H-pyrrole nitrogens is 1. The summed E-state index contributed by atoms with van der Waals surface area (Å²) >= 11 is 0. The van der Waals surface area contributed by atoms with Gasteiger partial charge in [-0.2, -0.15) is 5.10 Å². The number of hydrogen-bond acceptors (Lipinski definition) is 7. The van der Waals surface area contributed by atoms with E-state index in [1.807, 2.05) is 18.2 Å². The zero-order chi connectivity index (χ0) is 23.5. The standard InChI is InChI=1S/C24H30N4O5/c1-15-19(16(2)26-25-15)22(29)20-21(17-7-4-5-8-18(17)32-3)28(24(31)23(20)30)10-6-9-27-11-13-33-14-12-27/h4-5,7-8,21,29H,6,9-14H2,1-3H3,(H,25,26)/b22-20+/t21-/m1/s1. The number of ketones is 1. The van der Waals surface area contributed by atoms with E-state index >= 15 is 0 Å². The number of aliphatic hydroxyl groups excluding tert-OH is 1. The van der Waals surface area contributed by atoms with Crippen molar-refractivity contribution in [1.29, 1.82) is 0 Å². The molecule has 2 saturated heterocycles. The molecular formula is C24H30N4O5. The van der Waals surface area contributed by atoms with Gasteiger partial charge in [0.25, 0.3) is 11.7 Å². The fourth-order valence-electron chi connectivity index (χ4n) is 4.65. The van der Waals surface area contributed by atoms with Gasteiger partial charge in [0.15, 0.2) is 0 Å². The van der Waals surface area contributed by atoms with Crippen molar-refractivity contribution in [2.24, 2.45) is 0 Å². The molecule has 1 amide bonds. The number of methoxy groups -OCH3 is 1. The summed E-state index contributed by atoms with van der Waals surface area (Å²) in [7, 11) is 1.55. The Morgan fingerprint density at radius 2 is 1.94 bits per heavy atom. The summed E-state index contributed by atoms with van der Waals surface area (Å²) in [5.41, 5.74) is 2.35. The second kappa shape index (κ2) is 9.76. The van der Waals surface area contributed by atoms with Crippen molar-refractivity contribution in [3.8, 4) is 5.75 Å². The fourth-order valence-corrected chi connectivity index (χ4v) is 4.65. The van der Waals surface area contributed by atoms with Crippen molar-refractivity contribution in [3.63, 3.8) is 0 Å². The Bertz CT molecular complexity index is 1050. The van der Waals surface area contributed by atoms with Gasteiger partial charge < -0.3 is 19.5 Å². The van der Waals surface area contributed by atoms with Crippen LogP contribution in [-0.2, 0) is 14.3 Å². The molecule has 1 aromatic carbocycles. The lowest BCUT2D eigenvalue weighted by Crippen LogP contribution is -2.39. The molecule has 2 N–H and O–H groups in total. The van der Waals surface area contributed by atoms with E-state index in [1.54, 1.807) is 31.9 Å². The van der Waals surface area contributed by atoms with E-state index in [1.165, 1.54) is 0 Å². The largest absolute Gasteiger partial charge is 0.507 e. The third kappa shape index (κ3) is 4.38. The smallest absolute Gasteiger partial charge is 0.295 e. The normalized spacial score (nSPS) is 21.1. The Labute approximate surface area is 193 Å². The van der Waals surface area contributed by atoms with Gasteiger partial charge in [-0.05, 0) is 26.3 Å². The maximum Gasteiger partial charge on any atom is 0.295 e. The van der Waals surface area contributed by atoms with Crippen LogP contribution in [0.5, 0.6) is 5.75 Å². The minimum Gasteiger partial charge on any atom is -0.507 e. The molecule has 1 atom stereocenters. The zero-order valence-electron chi connectivity index (χ0n) is 19.3. The molecule has 33 heavy (non-hydrogen) atoms. The Morgan fingerprint density at radius 1 is 1.21 bits per heavy atom. The highest BCUT2D eigenvalue weighted by Crippen LogP contribution is 2.43. The second-order valence-electron chi connectivity index (χ2n) is 8.35. The topological polar surface area (TPSA) is 108 Å². The predicted molar refractivity (Wildman–Crippen MR) is 122 cm³/mol. The third-order valence-corrected chi connectivity index (χ3v) is 6.32. The molecule has 4 rings (SSSR count). The van der Waals surface area contributed by atoms with E-state index in [-0.39, 0.29) is 11.3 Å². The first-order chi connectivity index (χ1) is 15.9. The number of aromatic nitrogens is 2. The summed E-state index contributed by atoms with van der Waals surface area (Å²) in [6, 6.07) is 6.53. The number of nitrogens with one attached hydrogen (secondary N) is 1. The van der Waals surface area contributed by atoms with Crippen LogP contribution >= 0.6 is 0 Å². The molecule has 1 aromatic heterocycles. The molecule has 0 bridgehead atoms. The second-order valence-corrected chi connectivity index (χ2v) is 8.35. The lowest BCUT2D eigenvalue weighted by Gasteiger charge is -2.29. The maximum absolute atomic E-state index is 13.2. The summed E-state index contributed by atoms with van der Waals surface area (Å²) in [5, 5.41) is 18.2. The lowest BCUT2D eigenvalue weighted by atomic mass is 9.94. The number of nitrogens with zero attached hydrogens (tertiary/aromatic N) is 3. The number of ether oxygens (including phenoxy) is 2. The first-order valence-electron chi connectivity index (χ1n) is 11.2. The molecule has 2 aliphatic heterocycles. The molecule has 0 saturated carbocycles. The van der Waals surface area contributed by atoms with Gasteiger partial charge >= 0.3 is 0 Å². The van der Waals surface area contributed by atoms with Gasteiger partial charge in [-0.1, -0.05) is 18.2 Å². The van der Waals surface area contributed by atoms with Crippen LogP contribution in [-0.4, -0.2) is 83.3 Å². The van der Waals surface area contributed by atoms with Gasteiger partial charge in [-0.15, -0.1) is 0 Å². The first kappa shape index (κ1) is 23.0. The number of carbonyl (C=O) groups is 2. The molecule has 176 valence electrons. The van der Waals surface area contributed by atoms with Crippen LogP contribution in [0, 0.1) is 13.8 Å². The van der Waals surface area contributed by atoms with Crippen molar-refractivity contribution in [3.05, 3.63) is 52.4 Å². The summed E-state index contributed by atoms with van der Waals surface area (Å²) in [4.78, 5) is 30.2. The molecule has 2 aliphatic rings. The van der Waals surface area contributed by atoms with Gasteiger partial charge in [0, 0.05) is 37.4 Å². The molecule has 0 spiro atoms. The van der Waals surface area contributed by atoms with E-state index in [9.17, 15) is 14.7 Å². The third-order valence-electron chi connectivity index (χ3n) is 6.32. The van der Waals surface area contributed by atoms with Crippen molar-refractivity contribution in [1.82, 2.24) is 20.0 Å². The Morgan fingerprint density at radius 3 is 2.61 bits per heavy atom. The van der Waals surface area contributed by atoms with Crippen LogP contribution in [0.3, 0.4) is 0 Å². The van der Waals surface area contributed by atoms with Crippen LogP contribution in [0.1, 0.15) is 35.0 Å². The SMILES string of the molecule is COc1ccccc1[C@@H]1/C(=C(\O)c2c(C)n[nH]c2C)C(=O)C(=O)N1CCCN1CCOCC1. The molecule has 2 aromatic rings. The van der Waals surface area contributed by atoms with E-state index in [0.29, 0.717) is 54.4 Å². The molecule has 0 aliphatic carbocycles. The number of carbonyl (C=O) groups excluding carboxylic acids is 2. The zero-order valence-corrected chi connectivity index (χ0v) is 19.3. The molecule has 9 nitrogen and oxygen atoms in total.